The number of nitrogens with zero attached hydrogens (tertiary/aromatic N) is 1. The highest BCUT2D eigenvalue weighted by Crippen LogP contribution is 2.50. The van der Waals surface area contributed by atoms with Gasteiger partial charge in [0.25, 0.3) is 5.88 Å². The maximum absolute atomic E-state index is 14.2. The molecule has 0 spiro atoms. The number of rotatable bonds is 7. The van der Waals surface area contributed by atoms with Crippen LogP contribution in [0.5, 0.6) is 11.8 Å². The summed E-state index contributed by atoms with van der Waals surface area (Å²) < 4.78 is 101. The first-order valence-electron chi connectivity index (χ1n) is 8.81. The second-order valence-electron chi connectivity index (χ2n) is 6.93. The van der Waals surface area contributed by atoms with Crippen LogP contribution in [-0.2, 0) is 11.3 Å². The summed E-state index contributed by atoms with van der Waals surface area (Å²) >= 11 is 0. The van der Waals surface area contributed by atoms with Crippen LogP contribution in [0.2, 0.25) is 0 Å². The number of halogens is 8. The van der Waals surface area contributed by atoms with Crippen LogP contribution in [0.25, 0.3) is 0 Å². The van der Waals surface area contributed by atoms with E-state index in [1.54, 1.807) is 0 Å². The van der Waals surface area contributed by atoms with Gasteiger partial charge in [-0.25, -0.2) is 4.39 Å². The molecular weight excluding hydrogens is 463 g/mol. The first kappa shape index (κ1) is 27.0. The number of alkyl halides is 6. The van der Waals surface area contributed by atoms with E-state index in [4.69, 9.17) is 4.74 Å². The molecule has 1 aliphatic heterocycles. The first-order valence-corrected chi connectivity index (χ1v) is 8.81. The molecule has 0 aromatic carbocycles. The van der Waals surface area contributed by atoms with E-state index >= 15 is 0 Å². The monoisotopic (exact) mass is 483 g/mol. The number of nitrogens with one attached hydrogen (secondary N) is 2. The highest BCUT2D eigenvalue weighted by atomic mass is 35.5. The molecule has 0 bridgehead atoms. The summed E-state index contributed by atoms with van der Waals surface area (Å²) in [5, 5.41) is 5.49. The van der Waals surface area contributed by atoms with Gasteiger partial charge in [0.2, 0.25) is 11.8 Å². The third kappa shape index (κ3) is 6.03. The average molecular weight is 484 g/mol. The lowest BCUT2D eigenvalue weighted by atomic mass is 9.90. The maximum atomic E-state index is 14.2. The van der Waals surface area contributed by atoms with Crippen LogP contribution in [0, 0.1) is 11.2 Å². The molecule has 1 amide bonds. The Balaban J connectivity index is 0.00000480. The molecule has 1 saturated heterocycles. The van der Waals surface area contributed by atoms with Gasteiger partial charge in [-0.05, 0) is 32.4 Å². The van der Waals surface area contributed by atoms with Gasteiger partial charge in [0.05, 0.1) is 13.2 Å². The topological polar surface area (TPSA) is 72.5 Å². The molecule has 1 fully saturated rings. The molecule has 2 N–H and O–H groups in total. The molecule has 0 aliphatic carbocycles. The lowest BCUT2D eigenvalue weighted by Gasteiger charge is -2.33. The molecule has 31 heavy (non-hydrogen) atoms. The van der Waals surface area contributed by atoms with Crippen molar-refractivity contribution in [2.75, 3.05) is 20.3 Å². The normalized spacial score (nSPS) is 17.1. The van der Waals surface area contributed by atoms with Crippen LogP contribution in [0.1, 0.15) is 25.3 Å². The van der Waals surface area contributed by atoms with Gasteiger partial charge in [-0.1, -0.05) is 0 Å². The van der Waals surface area contributed by atoms with Crippen molar-refractivity contribution >= 4 is 18.3 Å². The van der Waals surface area contributed by atoms with Gasteiger partial charge in [-0.2, -0.15) is 31.3 Å². The van der Waals surface area contributed by atoms with Crippen LogP contribution in [0.15, 0.2) is 6.07 Å². The van der Waals surface area contributed by atoms with E-state index in [1.165, 1.54) is 0 Å². The molecule has 0 radical (unpaired) electrons. The number of methoxy groups -OCH3 is 1. The smallest absolute Gasteiger partial charge is 0.406 e. The van der Waals surface area contributed by atoms with Crippen LogP contribution in [-0.4, -0.2) is 49.5 Å². The molecule has 0 saturated carbocycles. The Bertz CT molecular complexity index is 755. The van der Waals surface area contributed by atoms with Gasteiger partial charge < -0.3 is 20.1 Å². The second-order valence-corrected chi connectivity index (χ2v) is 6.93. The van der Waals surface area contributed by atoms with Crippen molar-refractivity contribution in [3.05, 3.63) is 17.4 Å². The summed E-state index contributed by atoms with van der Waals surface area (Å²) in [6.45, 7) is -1.56. The minimum Gasteiger partial charge on any atom is -0.481 e. The zero-order chi connectivity index (χ0) is 22.7. The zero-order valence-corrected chi connectivity index (χ0v) is 17.2. The average Bonchev–Trinajstić information content (AvgIpc) is 3.17. The van der Waals surface area contributed by atoms with Gasteiger partial charge in [-0.3, -0.25) is 4.79 Å². The number of aromatic nitrogens is 1. The summed E-state index contributed by atoms with van der Waals surface area (Å²) in [6, 6.07) is 0.362. The predicted octanol–water partition coefficient (Wildman–Crippen LogP) is 3.53. The van der Waals surface area contributed by atoms with E-state index < -0.39 is 42.1 Å². The molecule has 2 rings (SSSR count). The Morgan fingerprint density at radius 2 is 1.84 bits per heavy atom. The Kier molecular flexibility index (Phi) is 8.77. The summed E-state index contributed by atoms with van der Waals surface area (Å²) in [6.07, 6.45) is -9.94. The number of carbonyl (C=O) groups is 1. The van der Waals surface area contributed by atoms with Crippen molar-refractivity contribution in [1.82, 2.24) is 15.6 Å². The predicted molar refractivity (Wildman–Crippen MR) is 96.6 cm³/mol. The molecule has 1 atom stereocenters. The van der Waals surface area contributed by atoms with E-state index in [2.05, 4.69) is 20.4 Å². The van der Waals surface area contributed by atoms with E-state index in [9.17, 15) is 35.5 Å². The molecule has 1 aliphatic rings. The van der Waals surface area contributed by atoms with Crippen LogP contribution < -0.4 is 20.1 Å². The van der Waals surface area contributed by atoms with Gasteiger partial charge in [-0.15, -0.1) is 12.4 Å². The van der Waals surface area contributed by atoms with E-state index in [0.29, 0.717) is 13.0 Å². The third-order valence-electron chi connectivity index (χ3n) is 4.76. The van der Waals surface area contributed by atoms with Gasteiger partial charge in [0.15, 0.2) is 11.2 Å². The van der Waals surface area contributed by atoms with E-state index in [1.807, 2.05) is 0 Å². The number of hydrogen-bond donors (Lipinski definition) is 2. The summed E-state index contributed by atoms with van der Waals surface area (Å²) in [4.78, 5) is 15.5. The molecule has 1 unspecified atom stereocenters. The standard InChI is InChI=1S/C17H20F7N3O3.ClH/c1-15(16(19,20)21,17(22,23)24)8-30-14-10(18)6-9(13(27-14)29-2)7-26-12(28)11-4-3-5-25-11;/h6,11,25H,3-5,7-8H2,1-2H3,(H,26,28);1H. The fourth-order valence-corrected chi connectivity index (χ4v) is 2.65. The minimum atomic E-state index is -5.69. The fraction of sp³-hybridized carbons (Fsp3) is 0.647. The molecule has 178 valence electrons. The van der Waals surface area contributed by atoms with E-state index in [0.717, 1.165) is 19.6 Å². The van der Waals surface area contributed by atoms with Gasteiger partial charge >= 0.3 is 12.4 Å². The van der Waals surface area contributed by atoms with Crippen molar-refractivity contribution in [1.29, 1.82) is 0 Å². The second kappa shape index (κ2) is 10.1. The van der Waals surface area contributed by atoms with Crippen molar-refractivity contribution < 1.29 is 45.0 Å². The van der Waals surface area contributed by atoms with Gasteiger partial charge in [0, 0.05) is 12.1 Å². The highest BCUT2D eigenvalue weighted by molar-refractivity contribution is 5.85. The van der Waals surface area contributed by atoms with E-state index in [-0.39, 0.29) is 43.2 Å². The Morgan fingerprint density at radius 3 is 2.32 bits per heavy atom. The quantitative estimate of drug-likeness (QED) is 0.581. The van der Waals surface area contributed by atoms with Crippen LogP contribution in [0.3, 0.4) is 0 Å². The first-order chi connectivity index (χ1) is 13.8. The lowest BCUT2D eigenvalue weighted by molar-refractivity contribution is -0.340. The van der Waals surface area contributed by atoms with Crippen LogP contribution >= 0.6 is 12.4 Å². The summed E-state index contributed by atoms with van der Waals surface area (Å²) in [5.41, 5.74) is -4.20. The third-order valence-corrected chi connectivity index (χ3v) is 4.76. The molecule has 14 heteroatoms. The highest BCUT2D eigenvalue weighted by Gasteiger charge is 2.68. The Labute approximate surface area is 179 Å². The molecular formula is C17H21ClF7N3O3. The summed E-state index contributed by atoms with van der Waals surface area (Å²) in [5.74, 6) is -3.04. The lowest BCUT2D eigenvalue weighted by Crippen LogP contribution is -2.51. The molecule has 1 aromatic rings. The number of amides is 1. The molecule has 2 heterocycles. The minimum absolute atomic E-state index is 0. The van der Waals surface area contributed by atoms with Gasteiger partial charge in [0.1, 0.15) is 6.61 Å². The van der Waals surface area contributed by atoms with Crippen molar-refractivity contribution in [3.63, 3.8) is 0 Å². The summed E-state index contributed by atoms with van der Waals surface area (Å²) in [7, 11) is 1.11. The van der Waals surface area contributed by atoms with Crippen molar-refractivity contribution in [2.45, 2.75) is 44.7 Å². The SMILES string of the molecule is COc1nc(OCC(C)(C(F)(F)F)C(F)(F)F)c(F)cc1CNC(=O)C1CCCN1.Cl. The molecule has 6 nitrogen and oxygen atoms in total. The van der Waals surface area contributed by atoms with Crippen molar-refractivity contribution in [2.24, 2.45) is 5.41 Å². The number of pyridine rings is 1. The fourth-order valence-electron chi connectivity index (χ4n) is 2.65. The number of carbonyl (C=O) groups excluding carboxylic acids is 1. The largest absolute Gasteiger partial charge is 0.481 e. The Morgan fingerprint density at radius 1 is 1.23 bits per heavy atom. The molecule has 1 aromatic heterocycles. The number of ether oxygens (including phenoxy) is 2. The number of hydrogen-bond acceptors (Lipinski definition) is 5. The van der Waals surface area contributed by atoms with Crippen molar-refractivity contribution in [3.8, 4) is 11.8 Å². The zero-order valence-electron chi connectivity index (χ0n) is 16.4. The Hall–Kier alpha value is -2.02. The maximum Gasteiger partial charge on any atom is 0.406 e. The van der Waals surface area contributed by atoms with Crippen LogP contribution in [0.4, 0.5) is 30.7 Å².